The molecule has 0 bridgehead atoms. The summed E-state index contributed by atoms with van der Waals surface area (Å²) in [5.74, 6) is 2.22. The van der Waals surface area contributed by atoms with Crippen molar-refractivity contribution in [2.75, 3.05) is 20.3 Å². The van der Waals surface area contributed by atoms with E-state index in [-0.39, 0.29) is 0 Å². The van der Waals surface area contributed by atoms with Gasteiger partial charge < -0.3 is 14.8 Å². The van der Waals surface area contributed by atoms with E-state index in [0.29, 0.717) is 25.2 Å². The average molecular weight is 235 g/mol. The summed E-state index contributed by atoms with van der Waals surface area (Å²) in [6.07, 6.45) is 1.12. The SMILES string of the molecule is CCC(NC)C(C)c1ccc2c(c1)OCCO2. The summed E-state index contributed by atoms with van der Waals surface area (Å²) >= 11 is 0. The largest absolute Gasteiger partial charge is 0.486 e. The molecule has 1 aliphatic heterocycles. The summed E-state index contributed by atoms with van der Waals surface area (Å²) in [4.78, 5) is 0. The summed E-state index contributed by atoms with van der Waals surface area (Å²) in [6.45, 7) is 5.75. The van der Waals surface area contributed by atoms with Crippen molar-refractivity contribution in [2.45, 2.75) is 32.2 Å². The maximum Gasteiger partial charge on any atom is 0.161 e. The van der Waals surface area contributed by atoms with Crippen LogP contribution in [0.4, 0.5) is 0 Å². The quantitative estimate of drug-likeness (QED) is 0.870. The highest BCUT2D eigenvalue weighted by atomic mass is 16.6. The predicted octanol–water partition coefficient (Wildman–Crippen LogP) is 2.56. The van der Waals surface area contributed by atoms with E-state index in [1.54, 1.807) is 0 Å². The average Bonchev–Trinajstić information content (AvgIpc) is 2.39. The molecule has 17 heavy (non-hydrogen) atoms. The minimum Gasteiger partial charge on any atom is -0.486 e. The van der Waals surface area contributed by atoms with Crippen molar-refractivity contribution in [1.82, 2.24) is 5.32 Å². The van der Waals surface area contributed by atoms with E-state index in [2.05, 4.69) is 31.3 Å². The van der Waals surface area contributed by atoms with Gasteiger partial charge in [-0.15, -0.1) is 0 Å². The van der Waals surface area contributed by atoms with E-state index in [0.717, 1.165) is 17.9 Å². The third-order valence-electron chi connectivity index (χ3n) is 3.51. The molecule has 2 unspecified atom stereocenters. The number of benzene rings is 1. The van der Waals surface area contributed by atoms with Crippen LogP contribution in [0.5, 0.6) is 11.5 Å². The smallest absolute Gasteiger partial charge is 0.161 e. The summed E-state index contributed by atoms with van der Waals surface area (Å²) in [5.41, 5.74) is 1.30. The van der Waals surface area contributed by atoms with Crippen molar-refractivity contribution in [2.24, 2.45) is 0 Å². The number of fused-ring (bicyclic) bond motifs is 1. The number of nitrogens with one attached hydrogen (secondary N) is 1. The lowest BCUT2D eigenvalue weighted by atomic mass is 9.91. The van der Waals surface area contributed by atoms with Crippen LogP contribution in [0.25, 0.3) is 0 Å². The second-order valence-corrected chi connectivity index (χ2v) is 4.50. The van der Waals surface area contributed by atoms with Crippen LogP contribution >= 0.6 is 0 Å². The Bertz CT molecular complexity index is 374. The first-order valence-electron chi connectivity index (χ1n) is 6.33. The molecule has 3 nitrogen and oxygen atoms in total. The molecule has 0 aliphatic carbocycles. The molecule has 0 aromatic heterocycles. The Balaban J connectivity index is 2.21. The lowest BCUT2D eigenvalue weighted by Crippen LogP contribution is -2.30. The van der Waals surface area contributed by atoms with Gasteiger partial charge in [0, 0.05) is 6.04 Å². The summed E-state index contributed by atoms with van der Waals surface area (Å²) in [5, 5.41) is 3.36. The van der Waals surface area contributed by atoms with E-state index in [9.17, 15) is 0 Å². The molecular weight excluding hydrogens is 214 g/mol. The van der Waals surface area contributed by atoms with Gasteiger partial charge in [0.15, 0.2) is 11.5 Å². The van der Waals surface area contributed by atoms with Crippen LogP contribution in [0.15, 0.2) is 18.2 Å². The molecule has 1 heterocycles. The molecule has 0 amide bonds. The molecule has 1 aromatic carbocycles. The van der Waals surface area contributed by atoms with Crippen molar-refractivity contribution in [3.63, 3.8) is 0 Å². The van der Waals surface area contributed by atoms with Gasteiger partial charge in [0.05, 0.1) is 0 Å². The normalized spacial score (nSPS) is 17.6. The van der Waals surface area contributed by atoms with Gasteiger partial charge in [0.1, 0.15) is 13.2 Å². The van der Waals surface area contributed by atoms with Gasteiger partial charge in [-0.25, -0.2) is 0 Å². The Morgan fingerprint density at radius 3 is 2.59 bits per heavy atom. The molecule has 2 atom stereocenters. The molecule has 0 radical (unpaired) electrons. The van der Waals surface area contributed by atoms with Gasteiger partial charge in [-0.2, -0.15) is 0 Å². The topological polar surface area (TPSA) is 30.5 Å². The van der Waals surface area contributed by atoms with Crippen LogP contribution in [0.1, 0.15) is 31.7 Å². The lowest BCUT2D eigenvalue weighted by molar-refractivity contribution is 0.171. The molecule has 2 rings (SSSR count). The molecule has 3 heteroatoms. The van der Waals surface area contributed by atoms with Crippen LogP contribution in [-0.2, 0) is 0 Å². The van der Waals surface area contributed by atoms with E-state index < -0.39 is 0 Å². The molecule has 1 N–H and O–H groups in total. The van der Waals surface area contributed by atoms with E-state index in [4.69, 9.17) is 9.47 Å². The van der Waals surface area contributed by atoms with Crippen LogP contribution in [0.2, 0.25) is 0 Å². The summed E-state index contributed by atoms with van der Waals surface area (Å²) < 4.78 is 11.1. The Hall–Kier alpha value is -1.22. The first kappa shape index (κ1) is 12.2. The highest BCUT2D eigenvalue weighted by Gasteiger charge is 2.18. The first-order valence-corrected chi connectivity index (χ1v) is 6.33. The molecule has 0 saturated heterocycles. The number of hydrogen-bond donors (Lipinski definition) is 1. The zero-order valence-corrected chi connectivity index (χ0v) is 10.8. The lowest BCUT2D eigenvalue weighted by Gasteiger charge is -2.25. The predicted molar refractivity (Wildman–Crippen MR) is 69.0 cm³/mol. The fourth-order valence-corrected chi connectivity index (χ4v) is 2.38. The Morgan fingerprint density at radius 1 is 1.24 bits per heavy atom. The number of likely N-dealkylation sites (N-methyl/N-ethyl adjacent to an activating group) is 1. The van der Waals surface area contributed by atoms with Crippen LogP contribution in [0.3, 0.4) is 0 Å². The Morgan fingerprint density at radius 2 is 1.94 bits per heavy atom. The third-order valence-corrected chi connectivity index (χ3v) is 3.51. The number of rotatable bonds is 4. The maximum absolute atomic E-state index is 5.62. The first-order chi connectivity index (χ1) is 8.26. The van der Waals surface area contributed by atoms with Gasteiger partial charge >= 0.3 is 0 Å². The highest BCUT2D eigenvalue weighted by Crippen LogP contribution is 2.34. The highest BCUT2D eigenvalue weighted by molar-refractivity contribution is 5.44. The van der Waals surface area contributed by atoms with E-state index in [1.165, 1.54) is 5.56 Å². The second kappa shape index (κ2) is 5.41. The van der Waals surface area contributed by atoms with Gasteiger partial charge in [-0.05, 0) is 37.1 Å². The van der Waals surface area contributed by atoms with Crippen molar-refractivity contribution in [3.05, 3.63) is 23.8 Å². The molecule has 94 valence electrons. The maximum atomic E-state index is 5.62. The molecule has 1 aromatic rings. The van der Waals surface area contributed by atoms with Crippen molar-refractivity contribution in [1.29, 1.82) is 0 Å². The Labute approximate surface area is 103 Å². The zero-order valence-electron chi connectivity index (χ0n) is 10.8. The van der Waals surface area contributed by atoms with Gasteiger partial charge in [0.2, 0.25) is 0 Å². The number of ether oxygens (including phenoxy) is 2. The van der Waals surface area contributed by atoms with Crippen molar-refractivity contribution >= 4 is 0 Å². The van der Waals surface area contributed by atoms with E-state index >= 15 is 0 Å². The summed E-state index contributed by atoms with van der Waals surface area (Å²) in [7, 11) is 2.02. The van der Waals surface area contributed by atoms with Gasteiger partial charge in [0.25, 0.3) is 0 Å². The van der Waals surface area contributed by atoms with Crippen molar-refractivity contribution < 1.29 is 9.47 Å². The zero-order chi connectivity index (χ0) is 12.3. The van der Waals surface area contributed by atoms with Gasteiger partial charge in [-0.1, -0.05) is 19.9 Å². The molecule has 1 aliphatic rings. The van der Waals surface area contributed by atoms with Gasteiger partial charge in [-0.3, -0.25) is 0 Å². The fraction of sp³-hybridized carbons (Fsp3) is 0.571. The van der Waals surface area contributed by atoms with Crippen LogP contribution in [-0.4, -0.2) is 26.3 Å². The Kier molecular flexibility index (Phi) is 3.89. The second-order valence-electron chi connectivity index (χ2n) is 4.50. The molecule has 0 saturated carbocycles. The monoisotopic (exact) mass is 235 g/mol. The fourth-order valence-electron chi connectivity index (χ4n) is 2.38. The minimum atomic E-state index is 0.473. The van der Waals surface area contributed by atoms with E-state index in [1.807, 2.05) is 13.1 Å². The molecular formula is C14H21NO2. The van der Waals surface area contributed by atoms with Crippen LogP contribution < -0.4 is 14.8 Å². The number of hydrogen-bond acceptors (Lipinski definition) is 3. The molecule has 0 fully saturated rings. The molecule has 0 spiro atoms. The third kappa shape index (κ3) is 2.55. The van der Waals surface area contributed by atoms with Crippen LogP contribution in [0, 0.1) is 0 Å². The standard InChI is InChI=1S/C14H21NO2/c1-4-12(15-3)10(2)11-5-6-13-14(9-11)17-8-7-16-13/h5-6,9-10,12,15H,4,7-8H2,1-3H3. The van der Waals surface area contributed by atoms with Crippen molar-refractivity contribution in [3.8, 4) is 11.5 Å². The summed E-state index contributed by atoms with van der Waals surface area (Å²) in [6, 6.07) is 6.76. The minimum absolute atomic E-state index is 0.473.